The molecule has 150 valence electrons. The van der Waals surface area contributed by atoms with Gasteiger partial charge in [0.15, 0.2) is 0 Å². The lowest BCUT2D eigenvalue weighted by Gasteiger charge is -2.32. The van der Waals surface area contributed by atoms with E-state index in [0.29, 0.717) is 25.7 Å². The quantitative estimate of drug-likeness (QED) is 0.783. The molecule has 1 heterocycles. The van der Waals surface area contributed by atoms with Crippen molar-refractivity contribution < 1.29 is 18.7 Å². The van der Waals surface area contributed by atoms with Gasteiger partial charge in [0.05, 0.1) is 13.7 Å². The third kappa shape index (κ3) is 5.96. The van der Waals surface area contributed by atoms with Gasteiger partial charge in [0, 0.05) is 26.2 Å². The zero-order valence-corrected chi connectivity index (χ0v) is 16.2. The largest absolute Gasteiger partial charge is 0.497 e. The molecule has 2 amide bonds. The van der Waals surface area contributed by atoms with E-state index in [9.17, 15) is 9.18 Å². The Morgan fingerprint density at radius 3 is 2.36 bits per heavy atom. The molecule has 1 fully saturated rings. The highest BCUT2D eigenvalue weighted by Crippen LogP contribution is 2.18. The highest BCUT2D eigenvalue weighted by molar-refractivity contribution is 5.74. The fourth-order valence-corrected chi connectivity index (χ4v) is 3.26. The normalized spacial score (nSPS) is 14.7. The molecule has 1 saturated heterocycles. The average molecular weight is 386 g/mol. The molecule has 0 spiro atoms. The average Bonchev–Trinajstić information content (AvgIpc) is 2.74. The maximum absolute atomic E-state index is 12.9. The number of carbonyl (C=O) groups is 1. The molecule has 0 atom stereocenters. The van der Waals surface area contributed by atoms with Gasteiger partial charge in [-0.25, -0.2) is 9.18 Å². The third-order valence-corrected chi connectivity index (χ3v) is 5.04. The van der Waals surface area contributed by atoms with E-state index in [-0.39, 0.29) is 11.8 Å². The van der Waals surface area contributed by atoms with Crippen LogP contribution < -0.4 is 10.1 Å². The molecule has 1 aliphatic heterocycles. The number of urea groups is 1. The first-order valence-electron chi connectivity index (χ1n) is 9.62. The van der Waals surface area contributed by atoms with E-state index in [4.69, 9.17) is 9.47 Å². The van der Waals surface area contributed by atoms with Crippen LogP contribution in [0.2, 0.25) is 0 Å². The van der Waals surface area contributed by atoms with Crippen LogP contribution in [0.1, 0.15) is 24.0 Å². The van der Waals surface area contributed by atoms with Crippen LogP contribution in [0, 0.1) is 11.7 Å². The molecule has 0 radical (unpaired) electrons. The summed E-state index contributed by atoms with van der Waals surface area (Å²) in [5, 5.41) is 2.97. The predicted molar refractivity (Wildman–Crippen MR) is 106 cm³/mol. The number of rotatable bonds is 7. The first kappa shape index (κ1) is 20.1. The Labute approximate surface area is 165 Å². The second-order valence-electron chi connectivity index (χ2n) is 7.08. The van der Waals surface area contributed by atoms with Crippen LogP contribution in [-0.2, 0) is 17.9 Å². The monoisotopic (exact) mass is 386 g/mol. The maximum Gasteiger partial charge on any atom is 0.317 e. The van der Waals surface area contributed by atoms with Gasteiger partial charge in [-0.15, -0.1) is 0 Å². The molecule has 28 heavy (non-hydrogen) atoms. The van der Waals surface area contributed by atoms with Crippen LogP contribution >= 0.6 is 0 Å². The fraction of sp³-hybridized carbons (Fsp3) is 0.409. The summed E-state index contributed by atoms with van der Waals surface area (Å²) in [7, 11) is 1.63. The second kappa shape index (κ2) is 10.1. The molecule has 2 aromatic carbocycles. The zero-order chi connectivity index (χ0) is 19.8. The Balaban J connectivity index is 1.33. The molecule has 0 aromatic heterocycles. The number of hydrogen-bond acceptors (Lipinski definition) is 3. The molecule has 5 nitrogen and oxygen atoms in total. The van der Waals surface area contributed by atoms with Crippen molar-refractivity contribution in [1.29, 1.82) is 0 Å². The number of carbonyl (C=O) groups excluding carboxylic acids is 1. The lowest BCUT2D eigenvalue weighted by molar-refractivity contribution is 0.0629. The van der Waals surface area contributed by atoms with Crippen molar-refractivity contribution >= 4 is 6.03 Å². The van der Waals surface area contributed by atoms with Crippen LogP contribution in [0.25, 0.3) is 0 Å². The van der Waals surface area contributed by atoms with Crippen molar-refractivity contribution in [1.82, 2.24) is 10.2 Å². The highest BCUT2D eigenvalue weighted by atomic mass is 19.1. The number of nitrogens with zero attached hydrogens (tertiary/aromatic N) is 1. The number of amides is 2. The van der Waals surface area contributed by atoms with E-state index < -0.39 is 0 Å². The molecule has 0 unspecified atom stereocenters. The minimum atomic E-state index is -0.235. The Morgan fingerprint density at radius 2 is 1.71 bits per heavy atom. The number of likely N-dealkylation sites (tertiary alicyclic amines) is 1. The Morgan fingerprint density at radius 1 is 1.07 bits per heavy atom. The van der Waals surface area contributed by atoms with Crippen LogP contribution in [0.4, 0.5) is 9.18 Å². The summed E-state index contributed by atoms with van der Waals surface area (Å²) < 4.78 is 23.8. The number of methoxy groups -OCH3 is 1. The topological polar surface area (TPSA) is 50.8 Å². The van der Waals surface area contributed by atoms with Crippen molar-refractivity contribution in [3.05, 3.63) is 65.5 Å². The van der Waals surface area contributed by atoms with E-state index in [1.54, 1.807) is 19.2 Å². The van der Waals surface area contributed by atoms with Crippen LogP contribution in [0.3, 0.4) is 0 Å². The SMILES string of the molecule is COc1ccc(CNC(=O)N2CCC(COCc3ccc(F)cc3)CC2)cc1. The second-order valence-corrected chi connectivity index (χ2v) is 7.08. The van der Waals surface area contributed by atoms with Crippen molar-refractivity contribution in [2.24, 2.45) is 5.92 Å². The first-order chi connectivity index (χ1) is 13.6. The number of nitrogens with one attached hydrogen (secondary N) is 1. The smallest absolute Gasteiger partial charge is 0.317 e. The summed E-state index contributed by atoms with van der Waals surface area (Å²) in [6, 6.07) is 14.0. The first-order valence-corrected chi connectivity index (χ1v) is 9.62. The van der Waals surface area contributed by atoms with E-state index in [1.807, 2.05) is 29.2 Å². The van der Waals surface area contributed by atoms with Gasteiger partial charge < -0.3 is 19.7 Å². The standard InChI is InChI=1S/C22H27FN2O3/c1-27-21-8-4-17(5-9-21)14-24-22(26)25-12-10-19(11-13-25)16-28-15-18-2-6-20(23)7-3-18/h2-9,19H,10-16H2,1H3,(H,24,26). The van der Waals surface area contributed by atoms with Gasteiger partial charge in [-0.05, 0) is 54.2 Å². The van der Waals surface area contributed by atoms with Crippen molar-refractivity contribution in [3.8, 4) is 5.75 Å². The minimum absolute atomic E-state index is 0.0264. The summed E-state index contributed by atoms with van der Waals surface area (Å²) >= 11 is 0. The van der Waals surface area contributed by atoms with Crippen LogP contribution in [-0.4, -0.2) is 37.7 Å². The molecule has 6 heteroatoms. The number of hydrogen-bond donors (Lipinski definition) is 1. The third-order valence-electron chi connectivity index (χ3n) is 5.04. The maximum atomic E-state index is 12.9. The lowest BCUT2D eigenvalue weighted by Crippen LogP contribution is -2.44. The van der Waals surface area contributed by atoms with Crippen molar-refractivity contribution in [3.63, 3.8) is 0 Å². The highest BCUT2D eigenvalue weighted by Gasteiger charge is 2.22. The van der Waals surface area contributed by atoms with Gasteiger partial charge in [-0.2, -0.15) is 0 Å². The Kier molecular flexibility index (Phi) is 7.25. The number of halogens is 1. The molecule has 2 aromatic rings. The molecule has 1 aliphatic rings. The number of piperidine rings is 1. The fourth-order valence-electron chi connectivity index (χ4n) is 3.26. The van der Waals surface area contributed by atoms with Gasteiger partial charge >= 0.3 is 6.03 Å². The molecule has 0 saturated carbocycles. The predicted octanol–water partition coefficient (Wildman–Crippen LogP) is 3.97. The molecule has 3 rings (SSSR count). The van der Waals surface area contributed by atoms with Gasteiger partial charge in [0.2, 0.25) is 0 Å². The summed E-state index contributed by atoms with van der Waals surface area (Å²) in [6.07, 6.45) is 1.86. The Hall–Kier alpha value is -2.60. The summed E-state index contributed by atoms with van der Waals surface area (Å²) in [4.78, 5) is 14.2. The van der Waals surface area contributed by atoms with E-state index in [0.717, 1.165) is 42.8 Å². The molecular formula is C22H27FN2O3. The van der Waals surface area contributed by atoms with Gasteiger partial charge in [-0.3, -0.25) is 0 Å². The van der Waals surface area contributed by atoms with Crippen LogP contribution in [0.15, 0.2) is 48.5 Å². The van der Waals surface area contributed by atoms with Gasteiger partial charge in [-0.1, -0.05) is 24.3 Å². The van der Waals surface area contributed by atoms with E-state index in [1.165, 1.54) is 12.1 Å². The zero-order valence-electron chi connectivity index (χ0n) is 16.2. The van der Waals surface area contributed by atoms with Crippen LogP contribution in [0.5, 0.6) is 5.75 Å². The van der Waals surface area contributed by atoms with Gasteiger partial charge in [0.25, 0.3) is 0 Å². The molecule has 0 aliphatic carbocycles. The summed E-state index contributed by atoms with van der Waals surface area (Å²) in [6.45, 7) is 3.13. The molecule has 0 bridgehead atoms. The number of ether oxygens (including phenoxy) is 2. The summed E-state index contributed by atoms with van der Waals surface area (Å²) in [5.74, 6) is 1.02. The Bertz CT molecular complexity index is 741. The van der Waals surface area contributed by atoms with E-state index >= 15 is 0 Å². The molecular weight excluding hydrogens is 359 g/mol. The molecule has 1 N–H and O–H groups in total. The van der Waals surface area contributed by atoms with Gasteiger partial charge in [0.1, 0.15) is 11.6 Å². The minimum Gasteiger partial charge on any atom is -0.497 e. The summed E-state index contributed by atoms with van der Waals surface area (Å²) in [5.41, 5.74) is 2.01. The number of benzene rings is 2. The van der Waals surface area contributed by atoms with Crippen molar-refractivity contribution in [2.75, 3.05) is 26.8 Å². The van der Waals surface area contributed by atoms with Crippen molar-refractivity contribution in [2.45, 2.75) is 26.0 Å². The van der Waals surface area contributed by atoms with E-state index in [2.05, 4.69) is 5.32 Å². The lowest BCUT2D eigenvalue weighted by atomic mass is 9.98.